The van der Waals surface area contributed by atoms with Crippen molar-refractivity contribution in [3.63, 3.8) is 0 Å². The Bertz CT molecular complexity index is 1240. The third kappa shape index (κ3) is 5.04. The van der Waals surface area contributed by atoms with Crippen molar-refractivity contribution < 1.29 is 18.3 Å². The van der Waals surface area contributed by atoms with Crippen molar-refractivity contribution in [2.45, 2.75) is 32.1 Å². The molecule has 3 aromatic rings. The Morgan fingerprint density at radius 1 is 1.15 bits per heavy atom. The van der Waals surface area contributed by atoms with Crippen molar-refractivity contribution in [3.8, 4) is 5.75 Å². The highest BCUT2D eigenvalue weighted by molar-refractivity contribution is 8.13. The third-order valence-corrected chi connectivity index (χ3v) is 6.27. The number of carbonyl (C=O) groups is 1. The standard InChI is InChI=1S/C25H24F2N4O2S/c1-16(2)18-9-7-17(8-10-18)13-21-23(32)31(19-5-4-6-20(14-19)33-3)25(29-21)34-15-22-28-11-12-30(22)24(26)27/h4-14,16,24H,15H2,1-3H3/b21-13+. The van der Waals surface area contributed by atoms with Crippen LogP contribution in [0.5, 0.6) is 5.75 Å². The second-order valence-corrected chi connectivity index (χ2v) is 8.85. The summed E-state index contributed by atoms with van der Waals surface area (Å²) < 4.78 is 32.6. The Hall–Kier alpha value is -3.46. The van der Waals surface area contributed by atoms with Gasteiger partial charge in [-0.1, -0.05) is 55.9 Å². The molecule has 1 aliphatic heterocycles. The summed E-state index contributed by atoms with van der Waals surface area (Å²) in [5.41, 5.74) is 2.89. The predicted molar refractivity (Wildman–Crippen MR) is 131 cm³/mol. The molecule has 4 rings (SSSR count). The lowest BCUT2D eigenvalue weighted by Crippen LogP contribution is -2.30. The van der Waals surface area contributed by atoms with Gasteiger partial charge in [-0.2, -0.15) is 8.78 Å². The van der Waals surface area contributed by atoms with Crippen LogP contribution < -0.4 is 9.64 Å². The van der Waals surface area contributed by atoms with E-state index in [1.807, 2.05) is 24.3 Å². The lowest BCUT2D eigenvalue weighted by Gasteiger charge is -2.18. The first-order valence-corrected chi connectivity index (χ1v) is 11.7. The number of aliphatic imine (C=N–C) groups is 1. The SMILES string of the molecule is COc1cccc(N2C(=O)/C(=C\c3ccc(C(C)C)cc3)N=C2SCc2nccn2C(F)F)c1. The molecule has 0 saturated heterocycles. The van der Waals surface area contributed by atoms with Crippen molar-refractivity contribution in [1.29, 1.82) is 0 Å². The highest BCUT2D eigenvalue weighted by Crippen LogP contribution is 2.32. The number of halogens is 2. The number of hydrogen-bond acceptors (Lipinski definition) is 5. The number of amidine groups is 1. The summed E-state index contributed by atoms with van der Waals surface area (Å²) in [7, 11) is 1.55. The summed E-state index contributed by atoms with van der Waals surface area (Å²) in [6, 6.07) is 15.0. The van der Waals surface area contributed by atoms with Crippen LogP contribution in [0.3, 0.4) is 0 Å². The molecule has 0 fully saturated rings. The first-order chi connectivity index (χ1) is 16.4. The summed E-state index contributed by atoms with van der Waals surface area (Å²) >= 11 is 1.17. The van der Waals surface area contributed by atoms with Crippen LogP contribution >= 0.6 is 11.8 Å². The van der Waals surface area contributed by atoms with Gasteiger partial charge in [-0.15, -0.1) is 0 Å². The summed E-state index contributed by atoms with van der Waals surface area (Å²) in [5.74, 6) is 1.01. The fourth-order valence-electron chi connectivity index (χ4n) is 3.47. The van der Waals surface area contributed by atoms with Gasteiger partial charge in [-0.25, -0.2) is 9.98 Å². The highest BCUT2D eigenvalue weighted by Gasteiger charge is 2.32. The zero-order chi connectivity index (χ0) is 24.2. The van der Waals surface area contributed by atoms with E-state index in [9.17, 15) is 13.6 Å². The molecule has 9 heteroatoms. The monoisotopic (exact) mass is 482 g/mol. The molecule has 0 unspecified atom stereocenters. The predicted octanol–water partition coefficient (Wildman–Crippen LogP) is 6.09. The molecule has 1 aliphatic rings. The number of thioether (sulfide) groups is 1. The van der Waals surface area contributed by atoms with Crippen molar-refractivity contribution in [1.82, 2.24) is 9.55 Å². The van der Waals surface area contributed by atoms with E-state index in [2.05, 4.69) is 23.8 Å². The molecule has 34 heavy (non-hydrogen) atoms. The third-order valence-electron chi connectivity index (χ3n) is 5.34. The van der Waals surface area contributed by atoms with E-state index in [4.69, 9.17) is 4.74 Å². The van der Waals surface area contributed by atoms with Crippen LogP contribution in [0, 0.1) is 0 Å². The van der Waals surface area contributed by atoms with Gasteiger partial charge in [-0.05, 0) is 35.3 Å². The Balaban J connectivity index is 1.67. The highest BCUT2D eigenvalue weighted by atomic mass is 32.2. The molecule has 0 aliphatic carbocycles. The number of aromatic nitrogens is 2. The molecular weight excluding hydrogens is 458 g/mol. The number of anilines is 1. The maximum atomic E-state index is 13.4. The number of ether oxygens (including phenoxy) is 1. The van der Waals surface area contributed by atoms with E-state index in [0.29, 0.717) is 22.5 Å². The largest absolute Gasteiger partial charge is 0.497 e. The lowest BCUT2D eigenvalue weighted by atomic mass is 10.0. The maximum absolute atomic E-state index is 13.4. The molecule has 2 aromatic carbocycles. The van der Waals surface area contributed by atoms with Crippen LogP contribution in [0.15, 0.2) is 71.6 Å². The molecule has 0 saturated carbocycles. The van der Waals surface area contributed by atoms with E-state index >= 15 is 0 Å². The van der Waals surface area contributed by atoms with Gasteiger partial charge in [0.25, 0.3) is 5.91 Å². The summed E-state index contributed by atoms with van der Waals surface area (Å²) in [5, 5.41) is 0.382. The fourth-order valence-corrected chi connectivity index (χ4v) is 4.43. The minimum atomic E-state index is -2.69. The van der Waals surface area contributed by atoms with E-state index in [1.54, 1.807) is 37.5 Å². The normalized spacial score (nSPS) is 15.0. The Morgan fingerprint density at radius 2 is 1.91 bits per heavy atom. The van der Waals surface area contributed by atoms with Gasteiger partial charge in [0, 0.05) is 18.5 Å². The second kappa shape index (κ2) is 10.2. The van der Waals surface area contributed by atoms with Crippen LogP contribution in [-0.4, -0.2) is 27.7 Å². The Labute approximate surface area is 201 Å². The van der Waals surface area contributed by atoms with Crippen LogP contribution in [0.4, 0.5) is 14.5 Å². The lowest BCUT2D eigenvalue weighted by molar-refractivity contribution is -0.113. The number of hydrogen-bond donors (Lipinski definition) is 0. The van der Waals surface area contributed by atoms with Crippen LogP contribution in [0.2, 0.25) is 0 Å². The number of nitrogens with zero attached hydrogens (tertiary/aromatic N) is 4. The van der Waals surface area contributed by atoms with Gasteiger partial charge in [0.1, 0.15) is 17.3 Å². The first-order valence-electron chi connectivity index (χ1n) is 10.7. The topological polar surface area (TPSA) is 59.7 Å². The second-order valence-electron chi connectivity index (χ2n) is 7.90. The van der Waals surface area contributed by atoms with Gasteiger partial charge >= 0.3 is 6.55 Å². The molecule has 2 heterocycles. The van der Waals surface area contributed by atoms with E-state index < -0.39 is 6.55 Å². The maximum Gasteiger partial charge on any atom is 0.319 e. The van der Waals surface area contributed by atoms with Gasteiger partial charge in [0.05, 0.1) is 18.6 Å². The van der Waals surface area contributed by atoms with Crippen LogP contribution in [-0.2, 0) is 10.5 Å². The molecule has 1 aromatic heterocycles. The number of carbonyl (C=O) groups excluding carboxylic acids is 1. The molecule has 0 radical (unpaired) electrons. The van der Waals surface area contributed by atoms with Crippen molar-refractivity contribution >= 4 is 34.6 Å². The zero-order valence-electron chi connectivity index (χ0n) is 19.0. The molecule has 176 valence electrons. The van der Waals surface area contributed by atoms with Crippen molar-refractivity contribution in [3.05, 3.63) is 83.6 Å². The quantitative estimate of drug-likeness (QED) is 0.383. The smallest absolute Gasteiger partial charge is 0.319 e. The van der Waals surface area contributed by atoms with Crippen molar-refractivity contribution in [2.24, 2.45) is 4.99 Å². The Morgan fingerprint density at radius 3 is 2.59 bits per heavy atom. The summed E-state index contributed by atoms with van der Waals surface area (Å²) in [4.78, 5) is 23.4. The van der Waals surface area contributed by atoms with E-state index in [0.717, 1.165) is 10.1 Å². The van der Waals surface area contributed by atoms with Gasteiger partial charge in [0.2, 0.25) is 0 Å². The summed E-state index contributed by atoms with van der Waals surface area (Å²) in [6.45, 7) is 1.55. The minimum Gasteiger partial charge on any atom is -0.497 e. The number of alkyl halides is 2. The molecule has 0 N–H and O–H groups in total. The Kier molecular flexibility index (Phi) is 7.12. The van der Waals surface area contributed by atoms with Crippen molar-refractivity contribution in [2.75, 3.05) is 12.0 Å². The molecular formula is C25H24F2N4O2S. The fraction of sp³-hybridized carbons (Fsp3) is 0.240. The molecule has 1 amide bonds. The number of benzene rings is 2. The van der Waals surface area contributed by atoms with Crippen LogP contribution in [0.25, 0.3) is 6.08 Å². The van der Waals surface area contributed by atoms with E-state index in [-0.39, 0.29) is 23.2 Å². The number of rotatable bonds is 7. The molecule has 0 atom stereocenters. The number of imidazole rings is 1. The van der Waals surface area contributed by atoms with Gasteiger partial charge < -0.3 is 4.74 Å². The van der Waals surface area contributed by atoms with E-state index in [1.165, 1.54) is 34.6 Å². The summed E-state index contributed by atoms with van der Waals surface area (Å²) in [6.07, 6.45) is 4.29. The molecule has 6 nitrogen and oxygen atoms in total. The average molecular weight is 483 g/mol. The van der Waals surface area contributed by atoms with Crippen LogP contribution in [0.1, 0.15) is 43.3 Å². The number of methoxy groups -OCH3 is 1. The van der Waals surface area contributed by atoms with Gasteiger partial charge in [0.15, 0.2) is 5.17 Å². The zero-order valence-corrected chi connectivity index (χ0v) is 19.8. The number of amides is 1. The first kappa shape index (κ1) is 23.7. The average Bonchev–Trinajstić information content (AvgIpc) is 3.42. The minimum absolute atomic E-state index is 0.125. The van der Waals surface area contributed by atoms with Gasteiger partial charge in [-0.3, -0.25) is 14.3 Å². The molecule has 0 spiro atoms. The molecule has 0 bridgehead atoms.